The van der Waals surface area contributed by atoms with Crippen LogP contribution < -0.4 is 5.73 Å². The van der Waals surface area contributed by atoms with Gasteiger partial charge in [0.15, 0.2) is 17.1 Å². The molecule has 80 heavy (non-hydrogen) atoms. The van der Waals surface area contributed by atoms with Gasteiger partial charge in [0.2, 0.25) is 0 Å². The molecule has 414 valence electrons. The Labute approximate surface area is 459 Å². The van der Waals surface area contributed by atoms with Gasteiger partial charge in [0.05, 0.1) is 36.2 Å². The lowest BCUT2D eigenvalue weighted by atomic mass is 9.96. The molecule has 14 nitrogen and oxygen atoms in total. The van der Waals surface area contributed by atoms with Gasteiger partial charge in [0, 0.05) is 107 Å². The summed E-state index contributed by atoms with van der Waals surface area (Å²) in [7, 11) is 5.38. The van der Waals surface area contributed by atoms with Crippen molar-refractivity contribution in [3.63, 3.8) is 0 Å². The lowest BCUT2D eigenvalue weighted by molar-refractivity contribution is -0.139. The minimum atomic E-state index is -4.50. The number of hydrogen-bond acceptors (Lipinski definition) is 12. The lowest BCUT2D eigenvalue weighted by Gasteiger charge is -2.33. The number of anilines is 1. The first-order chi connectivity index (χ1) is 38.2. The van der Waals surface area contributed by atoms with E-state index in [2.05, 4.69) is 53.6 Å². The number of aromatic nitrogens is 6. The highest BCUT2D eigenvalue weighted by molar-refractivity contribution is 5.98. The molecule has 0 radical (unpaired) electrons. The molecule has 4 aromatic carbocycles. The topological polar surface area (TPSA) is 143 Å². The van der Waals surface area contributed by atoms with Crippen molar-refractivity contribution in [3.8, 4) is 23.7 Å². The van der Waals surface area contributed by atoms with Crippen LogP contribution >= 0.6 is 0 Å². The highest BCUT2D eigenvalue weighted by Gasteiger charge is 2.35. The summed E-state index contributed by atoms with van der Waals surface area (Å²) in [5.74, 6) is 11.6. The van der Waals surface area contributed by atoms with E-state index >= 15 is 0 Å². The van der Waals surface area contributed by atoms with Crippen molar-refractivity contribution < 1.29 is 40.7 Å². The van der Waals surface area contributed by atoms with Gasteiger partial charge in [0.1, 0.15) is 11.4 Å². The van der Waals surface area contributed by atoms with Gasteiger partial charge in [-0.05, 0) is 128 Å². The van der Waals surface area contributed by atoms with Crippen LogP contribution in [-0.4, -0.2) is 134 Å². The van der Waals surface area contributed by atoms with Crippen molar-refractivity contribution in [2.24, 2.45) is 0 Å². The fourth-order valence-corrected chi connectivity index (χ4v) is 8.94. The van der Waals surface area contributed by atoms with E-state index in [9.17, 15) is 35.9 Å². The second kappa shape index (κ2) is 25.6. The lowest BCUT2D eigenvalue weighted by Crippen LogP contribution is -2.44. The van der Waals surface area contributed by atoms with Gasteiger partial charge >= 0.3 is 18.3 Å². The Morgan fingerprint density at radius 2 is 1.05 bits per heavy atom. The summed E-state index contributed by atoms with van der Waals surface area (Å²) in [6.45, 7) is 10.8. The molecule has 20 heteroatoms. The van der Waals surface area contributed by atoms with Crippen molar-refractivity contribution in [3.05, 3.63) is 194 Å². The Bertz CT molecular complexity index is 3630. The van der Waals surface area contributed by atoms with Crippen LogP contribution in [0.4, 0.5) is 32.0 Å². The molecular weight excluding hydrogens is 1040 g/mol. The average Bonchev–Trinajstić information content (AvgIpc) is 4.09. The monoisotopic (exact) mass is 1100 g/mol. The molecule has 0 aliphatic carbocycles. The normalized spacial score (nSPS) is 14.4. The second-order valence-corrected chi connectivity index (χ2v) is 19.6. The van der Waals surface area contributed by atoms with E-state index in [1.165, 1.54) is 25.3 Å². The number of likely N-dealkylation sites (N-methyl/N-ethyl adjacent to an activating group) is 2. The number of benzene rings is 4. The molecule has 0 saturated carbocycles. The summed E-state index contributed by atoms with van der Waals surface area (Å²) in [4.78, 5) is 41.6. The number of nitrogens with zero attached hydrogens (tertiary/aromatic N) is 10. The first-order valence-corrected chi connectivity index (χ1v) is 25.6. The third kappa shape index (κ3) is 15.0. The Balaban J connectivity index is 0.000000173. The standard InChI is InChI=1S/C30H28F3N5O.C17H13N3O2.C13H18F3N3/c1-21-5-7-24(18-23(21)9-10-26-19-34-29-4-3-11-35-38(26)29)28(39)17-22-6-8-25(27(16-22)30(31,32)33)20-37-14-12-36(2)13-15-37;1-12-5-6-14(17(21)22-2)10-13(12)7-8-15-11-18-16-4-3-9-19-20(15)16;1-18-4-6-19(7-5-18)9-10-2-3-11(17)8-12(10)13(14,15)16/h3-8,11,16,18-19H,12-15,17,20H2,1-2H3;3-6,9-11H,1-2H3;2-3,8H,4-7,9,17H2,1H3. The third-order valence-corrected chi connectivity index (χ3v) is 13.7. The number of rotatable bonds is 8. The molecule has 2 N–H and O–H groups in total. The molecule has 2 aliphatic heterocycles. The highest BCUT2D eigenvalue weighted by Crippen LogP contribution is 2.35. The van der Waals surface area contributed by atoms with Gasteiger partial charge in [-0.15, -0.1) is 0 Å². The smallest absolute Gasteiger partial charge is 0.416 e. The van der Waals surface area contributed by atoms with Crippen molar-refractivity contribution >= 4 is 28.7 Å². The second-order valence-electron chi connectivity index (χ2n) is 19.6. The number of esters is 1. The van der Waals surface area contributed by atoms with Crippen LogP contribution in [0.1, 0.15) is 82.2 Å². The summed E-state index contributed by atoms with van der Waals surface area (Å²) in [6, 6.07) is 26.1. The molecule has 10 rings (SSSR count). The van der Waals surface area contributed by atoms with Gasteiger partial charge in [-0.25, -0.2) is 23.8 Å². The number of nitrogen functional groups attached to an aromatic ring is 1. The fraction of sp³-hybridized carbons (Fsp3) is 0.300. The molecule has 0 atom stereocenters. The highest BCUT2D eigenvalue weighted by atomic mass is 19.4. The Morgan fingerprint density at radius 3 is 1.54 bits per heavy atom. The number of carbonyl (C=O) groups excluding carboxylic acids is 2. The summed E-state index contributed by atoms with van der Waals surface area (Å²) in [5.41, 5.74) is 12.1. The molecule has 2 aliphatic rings. The van der Waals surface area contributed by atoms with Crippen molar-refractivity contribution in [1.29, 1.82) is 0 Å². The maximum atomic E-state index is 14.0. The van der Waals surface area contributed by atoms with Gasteiger partial charge < -0.3 is 20.3 Å². The van der Waals surface area contributed by atoms with Crippen LogP contribution in [0.15, 0.2) is 122 Å². The first kappa shape index (κ1) is 57.8. The predicted octanol–water partition coefficient (Wildman–Crippen LogP) is 8.89. The number of hydrogen-bond donors (Lipinski definition) is 1. The van der Waals surface area contributed by atoms with Crippen LogP contribution in [-0.2, 0) is 36.6 Å². The Morgan fingerprint density at radius 1 is 0.588 bits per heavy atom. The molecule has 0 amide bonds. The number of ketones is 1. The molecule has 0 bridgehead atoms. The van der Waals surface area contributed by atoms with E-state index in [0.717, 1.165) is 86.8 Å². The van der Waals surface area contributed by atoms with Crippen LogP contribution in [0.2, 0.25) is 0 Å². The number of ether oxygens (including phenoxy) is 1. The summed E-state index contributed by atoms with van der Waals surface area (Å²) in [6.07, 6.45) is -2.35. The molecule has 4 aromatic heterocycles. The Kier molecular flexibility index (Phi) is 18.5. The Hall–Kier alpha value is -8.40. The van der Waals surface area contributed by atoms with E-state index in [1.54, 1.807) is 76.3 Å². The van der Waals surface area contributed by atoms with Crippen LogP contribution in [0.3, 0.4) is 0 Å². The average molecular weight is 1100 g/mol. The molecule has 8 aromatic rings. The van der Waals surface area contributed by atoms with Crippen molar-refractivity contribution in [2.45, 2.75) is 45.7 Å². The molecule has 0 spiro atoms. The zero-order chi connectivity index (χ0) is 57.1. The van der Waals surface area contributed by atoms with E-state index in [-0.39, 0.29) is 36.0 Å². The van der Waals surface area contributed by atoms with Crippen LogP contribution in [0.5, 0.6) is 0 Å². The summed E-state index contributed by atoms with van der Waals surface area (Å²) < 4.78 is 88.8. The quantitative estimate of drug-likeness (QED) is 0.0511. The van der Waals surface area contributed by atoms with Crippen LogP contribution in [0, 0.1) is 37.5 Å². The van der Waals surface area contributed by atoms with Gasteiger partial charge in [-0.3, -0.25) is 14.6 Å². The number of piperazine rings is 2. The molecule has 0 unspecified atom stereocenters. The number of halogens is 6. The SMILES string of the molecule is CN1CCN(Cc2ccc(N)cc2C(F)(F)F)CC1.COC(=O)c1ccc(C)c(C#Cc2cnc3cccnn23)c1.Cc1ccc(C(=O)Cc2ccc(CN3CCN(C)CC3)c(C(F)(F)F)c2)cc1C#Cc1cnc2cccnn12. The number of imidazole rings is 2. The largest absolute Gasteiger partial charge is 0.465 e. The van der Waals surface area contributed by atoms with Gasteiger partial charge in [-0.2, -0.15) is 36.5 Å². The van der Waals surface area contributed by atoms with Crippen molar-refractivity contribution in [1.82, 2.24) is 48.8 Å². The summed E-state index contributed by atoms with van der Waals surface area (Å²) >= 11 is 0. The maximum Gasteiger partial charge on any atom is 0.416 e. The van der Waals surface area contributed by atoms with Gasteiger partial charge in [0.25, 0.3) is 0 Å². The van der Waals surface area contributed by atoms with Crippen molar-refractivity contribution in [2.75, 3.05) is 79.3 Å². The maximum absolute atomic E-state index is 14.0. The fourth-order valence-electron chi connectivity index (χ4n) is 8.94. The van der Waals surface area contributed by atoms with E-state index in [0.29, 0.717) is 51.4 Å². The zero-order valence-electron chi connectivity index (χ0n) is 44.9. The van der Waals surface area contributed by atoms with E-state index in [4.69, 9.17) is 10.5 Å². The van der Waals surface area contributed by atoms with Gasteiger partial charge in [-0.1, -0.05) is 48.2 Å². The first-order valence-electron chi connectivity index (χ1n) is 25.6. The molecule has 6 heterocycles. The number of Topliss-reactive ketones (excluding diaryl/α,β-unsaturated/α-hetero) is 1. The minimum absolute atomic E-state index is 0.134. The third-order valence-electron chi connectivity index (χ3n) is 13.7. The number of aryl methyl sites for hydroxylation is 2. The van der Waals surface area contributed by atoms with Crippen LogP contribution in [0.25, 0.3) is 11.3 Å². The molecular formula is C60H59F6N11O3. The summed E-state index contributed by atoms with van der Waals surface area (Å²) in [5, 5.41) is 8.46. The number of alkyl halides is 6. The minimum Gasteiger partial charge on any atom is -0.465 e. The number of nitrogens with two attached hydrogens (primary N) is 1. The predicted molar refractivity (Wildman–Crippen MR) is 293 cm³/mol. The molecule has 2 saturated heterocycles. The molecule has 2 fully saturated rings. The zero-order valence-corrected chi connectivity index (χ0v) is 44.9. The number of carbonyl (C=O) groups is 2. The van der Waals surface area contributed by atoms with E-state index < -0.39 is 23.5 Å². The van der Waals surface area contributed by atoms with E-state index in [1.807, 2.05) is 62.0 Å². The number of methoxy groups -OCH3 is 1. The number of fused-ring (bicyclic) bond motifs is 2.